The molecule has 0 heterocycles. The molecule has 1 rings (SSSR count). The molecule has 22 heavy (non-hydrogen) atoms. The van der Waals surface area contributed by atoms with Crippen molar-refractivity contribution >= 4 is 11.9 Å². The van der Waals surface area contributed by atoms with Crippen molar-refractivity contribution in [3.8, 4) is 0 Å². The summed E-state index contributed by atoms with van der Waals surface area (Å²) in [7, 11) is 0. The second kappa shape index (κ2) is 9.02. The molecule has 0 fully saturated rings. The number of nitrogens with one attached hydrogen (secondary N) is 2. The van der Waals surface area contributed by atoms with Gasteiger partial charge in [0.15, 0.2) is 5.96 Å². The third-order valence-electron chi connectivity index (χ3n) is 3.14. The number of halogens is 1. The maximum absolute atomic E-state index is 13.4. The van der Waals surface area contributed by atoms with Gasteiger partial charge in [-0.2, -0.15) is 0 Å². The minimum Gasteiger partial charge on any atom is -0.370 e. The molecule has 0 aliphatic rings. The van der Waals surface area contributed by atoms with Crippen LogP contribution < -0.4 is 16.4 Å². The van der Waals surface area contributed by atoms with Crippen LogP contribution in [0.4, 0.5) is 4.39 Å². The highest BCUT2D eigenvalue weighted by atomic mass is 19.1. The van der Waals surface area contributed by atoms with Crippen molar-refractivity contribution in [3.63, 3.8) is 0 Å². The van der Waals surface area contributed by atoms with Crippen molar-refractivity contribution in [1.29, 1.82) is 0 Å². The van der Waals surface area contributed by atoms with E-state index >= 15 is 0 Å². The van der Waals surface area contributed by atoms with E-state index in [1.54, 1.807) is 19.1 Å². The predicted molar refractivity (Wildman–Crippen MR) is 87.4 cm³/mol. The van der Waals surface area contributed by atoms with Crippen molar-refractivity contribution < 1.29 is 9.18 Å². The van der Waals surface area contributed by atoms with Crippen LogP contribution in [0.3, 0.4) is 0 Å². The molecule has 0 radical (unpaired) electrons. The Kier molecular flexibility index (Phi) is 7.36. The van der Waals surface area contributed by atoms with E-state index in [-0.39, 0.29) is 11.7 Å². The second-order valence-corrected chi connectivity index (χ2v) is 5.60. The number of hydrogen-bond acceptors (Lipinski definition) is 2. The lowest BCUT2D eigenvalue weighted by atomic mass is 10.1. The summed E-state index contributed by atoms with van der Waals surface area (Å²) >= 11 is 0. The number of aryl methyl sites for hydroxylation is 1. The minimum atomic E-state index is -0.382. The van der Waals surface area contributed by atoms with E-state index in [2.05, 4.69) is 29.5 Å². The summed E-state index contributed by atoms with van der Waals surface area (Å²) in [5.74, 6) is 0.269. The van der Waals surface area contributed by atoms with Crippen LogP contribution in [0.15, 0.2) is 23.2 Å². The SMILES string of the molecule is Cc1ccc(C(=O)NCCNC(N)=NCCC(C)C)cc1F. The van der Waals surface area contributed by atoms with Gasteiger partial charge in [-0.3, -0.25) is 9.79 Å². The molecular formula is C16H25FN4O. The third-order valence-corrected chi connectivity index (χ3v) is 3.14. The van der Waals surface area contributed by atoms with E-state index in [0.717, 1.165) is 6.42 Å². The Labute approximate surface area is 131 Å². The van der Waals surface area contributed by atoms with Gasteiger partial charge in [0, 0.05) is 25.2 Å². The fraction of sp³-hybridized carbons (Fsp3) is 0.500. The first kappa shape index (κ1) is 17.9. The summed E-state index contributed by atoms with van der Waals surface area (Å²) in [6, 6.07) is 4.42. The van der Waals surface area contributed by atoms with Gasteiger partial charge >= 0.3 is 0 Å². The molecule has 0 aliphatic heterocycles. The van der Waals surface area contributed by atoms with Crippen LogP contribution in [0.25, 0.3) is 0 Å². The normalized spacial score (nSPS) is 11.6. The van der Waals surface area contributed by atoms with Crippen molar-refractivity contribution in [2.75, 3.05) is 19.6 Å². The lowest BCUT2D eigenvalue weighted by molar-refractivity contribution is 0.0954. The topological polar surface area (TPSA) is 79.5 Å². The van der Waals surface area contributed by atoms with E-state index in [1.165, 1.54) is 6.07 Å². The van der Waals surface area contributed by atoms with Crippen LogP contribution in [-0.2, 0) is 0 Å². The molecule has 0 bridgehead atoms. The summed E-state index contributed by atoms with van der Waals surface area (Å²) in [6.07, 6.45) is 0.984. The molecule has 1 aromatic rings. The first-order valence-corrected chi connectivity index (χ1v) is 7.48. The van der Waals surface area contributed by atoms with E-state index in [9.17, 15) is 9.18 Å². The molecule has 1 amide bonds. The van der Waals surface area contributed by atoms with E-state index in [1.807, 2.05) is 0 Å². The van der Waals surface area contributed by atoms with Crippen molar-refractivity contribution in [3.05, 3.63) is 35.1 Å². The zero-order valence-electron chi connectivity index (χ0n) is 13.4. The Balaban J connectivity index is 2.29. The van der Waals surface area contributed by atoms with Crippen LogP contribution in [0.2, 0.25) is 0 Å². The highest BCUT2D eigenvalue weighted by Crippen LogP contribution is 2.08. The Morgan fingerprint density at radius 3 is 2.64 bits per heavy atom. The largest absolute Gasteiger partial charge is 0.370 e. The average molecular weight is 308 g/mol. The highest BCUT2D eigenvalue weighted by Gasteiger charge is 2.07. The summed E-state index contributed by atoms with van der Waals surface area (Å²) in [5.41, 5.74) is 6.53. The Hall–Kier alpha value is -2.11. The summed E-state index contributed by atoms with van der Waals surface area (Å²) < 4.78 is 13.4. The number of nitrogens with two attached hydrogens (primary N) is 1. The van der Waals surface area contributed by atoms with Crippen molar-refractivity contribution in [2.45, 2.75) is 27.2 Å². The smallest absolute Gasteiger partial charge is 0.251 e. The number of benzene rings is 1. The Morgan fingerprint density at radius 2 is 2.00 bits per heavy atom. The van der Waals surface area contributed by atoms with E-state index in [0.29, 0.717) is 42.6 Å². The van der Waals surface area contributed by atoms with Gasteiger partial charge in [-0.1, -0.05) is 19.9 Å². The fourth-order valence-corrected chi connectivity index (χ4v) is 1.70. The molecule has 0 aliphatic carbocycles. The van der Waals surface area contributed by atoms with Crippen LogP contribution in [0.1, 0.15) is 36.2 Å². The molecule has 0 saturated carbocycles. The molecular weight excluding hydrogens is 283 g/mol. The molecule has 122 valence electrons. The molecule has 6 heteroatoms. The summed E-state index contributed by atoms with van der Waals surface area (Å²) in [5, 5.41) is 5.62. The van der Waals surface area contributed by atoms with Gasteiger partial charge in [-0.05, 0) is 37.0 Å². The lowest BCUT2D eigenvalue weighted by Crippen LogP contribution is -2.38. The van der Waals surface area contributed by atoms with Gasteiger partial charge in [0.05, 0.1) is 0 Å². The van der Waals surface area contributed by atoms with Gasteiger partial charge < -0.3 is 16.4 Å². The Morgan fingerprint density at radius 1 is 1.32 bits per heavy atom. The molecule has 0 unspecified atom stereocenters. The van der Waals surface area contributed by atoms with Gasteiger partial charge in [0.2, 0.25) is 0 Å². The number of carbonyl (C=O) groups excluding carboxylic acids is 1. The number of rotatable bonds is 7. The third kappa shape index (κ3) is 6.56. The number of carbonyl (C=O) groups is 1. The van der Waals surface area contributed by atoms with Gasteiger partial charge in [-0.25, -0.2) is 4.39 Å². The monoisotopic (exact) mass is 308 g/mol. The number of hydrogen-bond donors (Lipinski definition) is 3. The van der Waals surface area contributed by atoms with Crippen LogP contribution in [0.5, 0.6) is 0 Å². The Bertz CT molecular complexity index is 529. The molecule has 0 atom stereocenters. The standard InChI is InChI=1S/C16H25FN4O/c1-11(2)6-7-20-16(18)21-9-8-19-15(22)13-5-4-12(3)14(17)10-13/h4-5,10-11H,6-9H2,1-3H3,(H,19,22)(H3,18,20,21). The second-order valence-electron chi connectivity index (χ2n) is 5.60. The number of nitrogens with zero attached hydrogens (tertiary/aromatic N) is 1. The maximum Gasteiger partial charge on any atom is 0.251 e. The first-order valence-electron chi connectivity index (χ1n) is 7.48. The van der Waals surface area contributed by atoms with Crippen LogP contribution in [0, 0.1) is 18.7 Å². The zero-order valence-corrected chi connectivity index (χ0v) is 13.4. The molecule has 1 aromatic carbocycles. The molecule has 0 aromatic heterocycles. The molecule has 0 spiro atoms. The number of guanidine groups is 1. The average Bonchev–Trinajstić information content (AvgIpc) is 2.46. The highest BCUT2D eigenvalue weighted by molar-refractivity contribution is 5.94. The molecule has 4 N–H and O–H groups in total. The minimum absolute atomic E-state index is 0.307. The maximum atomic E-state index is 13.4. The molecule has 5 nitrogen and oxygen atoms in total. The number of aliphatic imine (C=N–C) groups is 1. The van der Waals surface area contributed by atoms with Gasteiger partial charge in [-0.15, -0.1) is 0 Å². The summed E-state index contributed by atoms with van der Waals surface area (Å²) in [4.78, 5) is 16.0. The quantitative estimate of drug-likeness (QED) is 0.408. The first-order chi connectivity index (χ1) is 10.4. The van der Waals surface area contributed by atoms with Crippen LogP contribution >= 0.6 is 0 Å². The predicted octanol–water partition coefficient (Wildman–Crippen LogP) is 1.81. The number of amides is 1. The van der Waals surface area contributed by atoms with Crippen molar-refractivity contribution in [1.82, 2.24) is 10.6 Å². The summed E-state index contributed by atoms with van der Waals surface area (Å²) in [6.45, 7) is 7.45. The van der Waals surface area contributed by atoms with Crippen molar-refractivity contribution in [2.24, 2.45) is 16.6 Å². The van der Waals surface area contributed by atoms with E-state index in [4.69, 9.17) is 5.73 Å². The lowest BCUT2D eigenvalue weighted by Gasteiger charge is -2.08. The van der Waals surface area contributed by atoms with Crippen LogP contribution in [-0.4, -0.2) is 31.5 Å². The fourth-order valence-electron chi connectivity index (χ4n) is 1.70. The van der Waals surface area contributed by atoms with Gasteiger partial charge in [0.25, 0.3) is 5.91 Å². The van der Waals surface area contributed by atoms with Gasteiger partial charge in [0.1, 0.15) is 5.82 Å². The molecule has 0 saturated heterocycles. The van der Waals surface area contributed by atoms with E-state index < -0.39 is 0 Å². The zero-order chi connectivity index (χ0) is 16.5.